The van der Waals surface area contributed by atoms with Gasteiger partial charge in [-0.05, 0) is 87.4 Å². The first-order chi connectivity index (χ1) is 29.2. The summed E-state index contributed by atoms with van der Waals surface area (Å²) >= 11 is 0. The number of nitrogens with zero attached hydrogens (tertiary/aromatic N) is 7. The van der Waals surface area contributed by atoms with Crippen LogP contribution in [0.25, 0.3) is 28.3 Å². The Kier molecular flexibility index (Phi) is 12.3. The fourth-order valence-electron chi connectivity index (χ4n) is 7.95. The van der Waals surface area contributed by atoms with Gasteiger partial charge in [0.05, 0.1) is 52.5 Å². The van der Waals surface area contributed by atoms with Gasteiger partial charge in [-0.3, -0.25) is 14.1 Å². The normalized spacial score (nSPS) is 15.8. The highest BCUT2D eigenvalue weighted by Gasteiger charge is 2.29. The number of hydrogen-bond acceptors (Lipinski definition) is 10. The van der Waals surface area contributed by atoms with Crippen molar-refractivity contribution in [3.8, 4) is 34.1 Å². The molecule has 2 aliphatic rings. The summed E-state index contributed by atoms with van der Waals surface area (Å²) in [5, 5.41) is 5.76. The molecule has 6 aromatic rings. The minimum atomic E-state index is -0.915. The molecule has 2 aliphatic heterocycles. The molecule has 0 radical (unpaired) electrons. The van der Waals surface area contributed by atoms with Crippen LogP contribution in [0.1, 0.15) is 37.0 Å². The van der Waals surface area contributed by atoms with Gasteiger partial charge in [0.25, 0.3) is 5.91 Å². The van der Waals surface area contributed by atoms with Crippen LogP contribution in [-0.2, 0) is 11.0 Å². The van der Waals surface area contributed by atoms with Crippen molar-refractivity contribution in [2.45, 2.75) is 32.7 Å². The minimum Gasteiger partial charge on any atom is -0.493 e. The molecule has 2 N–H and O–H groups in total. The lowest BCUT2D eigenvalue weighted by atomic mass is 10.0. The lowest BCUT2D eigenvalue weighted by molar-refractivity contribution is 0.102. The maximum atomic E-state index is 14.6. The first-order valence-corrected chi connectivity index (χ1v) is 21.7. The molecule has 13 nitrogen and oxygen atoms in total. The van der Waals surface area contributed by atoms with Gasteiger partial charge in [-0.25, -0.2) is 32.2 Å². The number of imidazole rings is 1. The largest absolute Gasteiger partial charge is 0.493 e. The topological polar surface area (TPSA) is 129 Å². The predicted octanol–water partition coefficient (Wildman–Crippen LogP) is 7.41. The number of rotatable bonds is 13. The molecule has 1 atom stereocenters. The number of ether oxygens (including phenoxy) is 2. The third-order valence-corrected chi connectivity index (χ3v) is 12.0. The number of carbonyl (C=O) groups excluding carboxylic acids is 1. The zero-order chi connectivity index (χ0) is 41.8. The van der Waals surface area contributed by atoms with Gasteiger partial charge < -0.3 is 25.0 Å². The third-order valence-electron chi connectivity index (χ3n) is 10.9. The highest BCUT2D eigenvalue weighted by atomic mass is 32.2. The van der Waals surface area contributed by atoms with E-state index in [9.17, 15) is 17.8 Å². The summed E-state index contributed by atoms with van der Waals surface area (Å²) in [7, 11) is -0.915. The second kappa shape index (κ2) is 18.1. The summed E-state index contributed by atoms with van der Waals surface area (Å²) in [4.78, 5) is 33.0. The standard InChI is InChI=1S/C44H47F2N9O4S/c1-4-58-37-15-12-29(27-32(37)43(56)51-41-33(45)9-8-10-34(41)46)40-42(55-20-7-6-11-39(55)50-40)36-16-19-47-44(49-36)48-35-14-13-31(28-38(35)59-5-2)52-21-17-30(18-22-52)53-23-25-54(26-24-53)60(3)57/h6-16,19-20,27-28,30H,4-5,17-18,21-26H2,1-3H3,(H,51,56)(H,47,48,49). The van der Waals surface area contributed by atoms with Crippen LogP contribution >= 0.6 is 0 Å². The van der Waals surface area contributed by atoms with Crippen LogP contribution in [0, 0.1) is 11.6 Å². The Morgan fingerprint density at radius 2 is 1.60 bits per heavy atom. The molecule has 16 heteroatoms. The molecule has 312 valence electrons. The predicted molar refractivity (Wildman–Crippen MR) is 230 cm³/mol. The van der Waals surface area contributed by atoms with E-state index in [2.05, 4.69) is 37.6 Å². The van der Waals surface area contributed by atoms with E-state index in [4.69, 9.17) is 19.4 Å². The quantitative estimate of drug-likeness (QED) is 0.121. The van der Waals surface area contributed by atoms with Crippen LogP contribution < -0.4 is 25.0 Å². The number of amides is 1. The molecule has 1 unspecified atom stereocenters. The summed E-state index contributed by atoms with van der Waals surface area (Å²) in [6, 6.07) is 22.5. The third kappa shape index (κ3) is 8.67. The van der Waals surface area contributed by atoms with Crippen LogP contribution in [0.4, 0.5) is 31.8 Å². The van der Waals surface area contributed by atoms with E-state index < -0.39 is 34.2 Å². The number of benzene rings is 3. The summed E-state index contributed by atoms with van der Waals surface area (Å²) < 4.78 is 56.9. The van der Waals surface area contributed by atoms with E-state index in [0.717, 1.165) is 69.9 Å². The average Bonchev–Trinajstić information content (AvgIpc) is 3.66. The number of fused-ring (bicyclic) bond motifs is 1. The van der Waals surface area contributed by atoms with E-state index in [1.807, 2.05) is 46.1 Å². The molecule has 0 saturated carbocycles. The van der Waals surface area contributed by atoms with Gasteiger partial charge in [0.1, 0.15) is 34.5 Å². The van der Waals surface area contributed by atoms with E-state index in [0.29, 0.717) is 58.3 Å². The minimum absolute atomic E-state index is 0.0755. The summed E-state index contributed by atoms with van der Waals surface area (Å²) in [5.74, 6) is -1.27. The summed E-state index contributed by atoms with van der Waals surface area (Å²) in [5.41, 5.74) is 4.22. The number of hydrogen-bond donors (Lipinski definition) is 2. The smallest absolute Gasteiger partial charge is 0.259 e. The monoisotopic (exact) mass is 835 g/mol. The first kappa shape index (κ1) is 40.8. The van der Waals surface area contributed by atoms with Gasteiger partial charge in [-0.15, -0.1) is 0 Å². The lowest BCUT2D eigenvalue weighted by Crippen LogP contribution is -2.53. The fourth-order valence-corrected chi connectivity index (χ4v) is 8.63. The van der Waals surface area contributed by atoms with Crippen molar-refractivity contribution in [1.29, 1.82) is 0 Å². The highest BCUT2D eigenvalue weighted by molar-refractivity contribution is 7.81. The molecule has 8 rings (SSSR count). The molecule has 1 amide bonds. The van der Waals surface area contributed by atoms with Crippen molar-refractivity contribution >= 4 is 45.6 Å². The van der Waals surface area contributed by atoms with Gasteiger partial charge >= 0.3 is 0 Å². The maximum Gasteiger partial charge on any atom is 0.259 e. The highest BCUT2D eigenvalue weighted by Crippen LogP contribution is 2.37. The van der Waals surface area contributed by atoms with Gasteiger partial charge in [-0.2, -0.15) is 0 Å². The van der Waals surface area contributed by atoms with Crippen molar-refractivity contribution in [3.63, 3.8) is 0 Å². The Morgan fingerprint density at radius 1 is 0.850 bits per heavy atom. The van der Waals surface area contributed by atoms with Crippen molar-refractivity contribution in [2.75, 3.05) is 74.3 Å². The Bertz CT molecular complexity index is 2500. The van der Waals surface area contributed by atoms with E-state index in [1.54, 1.807) is 43.6 Å². The molecular formula is C44H47F2N9O4S. The molecule has 3 aromatic carbocycles. The first-order valence-electron chi connectivity index (χ1n) is 20.1. The Hall–Kier alpha value is -5.97. The van der Waals surface area contributed by atoms with Crippen molar-refractivity contribution in [3.05, 3.63) is 108 Å². The van der Waals surface area contributed by atoms with Crippen LogP contribution in [-0.4, -0.2) is 103 Å². The Morgan fingerprint density at radius 3 is 2.33 bits per heavy atom. The van der Waals surface area contributed by atoms with Gasteiger partial charge in [0.2, 0.25) is 5.95 Å². The number of para-hydroxylation sites is 1. The molecule has 0 bridgehead atoms. The fraction of sp³-hybridized carbons (Fsp3) is 0.318. The number of pyridine rings is 1. The second-order valence-corrected chi connectivity index (χ2v) is 15.9. The number of piperazine rings is 1. The number of piperidine rings is 1. The van der Waals surface area contributed by atoms with Crippen LogP contribution in [0.3, 0.4) is 0 Å². The number of nitrogens with one attached hydrogen (secondary N) is 2. The molecule has 0 spiro atoms. The van der Waals surface area contributed by atoms with E-state index >= 15 is 0 Å². The molecule has 2 saturated heterocycles. The van der Waals surface area contributed by atoms with E-state index in [1.165, 1.54) is 6.07 Å². The van der Waals surface area contributed by atoms with Gasteiger partial charge in [0, 0.05) is 81.3 Å². The lowest BCUT2D eigenvalue weighted by Gasteiger charge is -2.42. The molecule has 5 heterocycles. The van der Waals surface area contributed by atoms with E-state index in [-0.39, 0.29) is 17.9 Å². The molecule has 3 aromatic heterocycles. The number of aromatic nitrogens is 4. The molecule has 0 aliphatic carbocycles. The Labute approximate surface area is 350 Å². The van der Waals surface area contributed by atoms with Crippen molar-refractivity contribution in [2.24, 2.45) is 0 Å². The Balaban J connectivity index is 1.05. The van der Waals surface area contributed by atoms with Crippen LogP contribution in [0.2, 0.25) is 0 Å². The molecule has 60 heavy (non-hydrogen) atoms. The zero-order valence-corrected chi connectivity index (χ0v) is 34.6. The SMILES string of the molecule is CCOc1cc(N2CCC(N3CCN(S(C)=O)CC3)CC2)ccc1Nc1nccc(-c2c(-c3ccc(OCC)c(C(=O)Nc4c(F)cccc4F)c3)nc3ccccn23)n1. The number of carbonyl (C=O) groups is 1. The molecular weight excluding hydrogens is 789 g/mol. The average molecular weight is 836 g/mol. The number of halogens is 2. The number of anilines is 4. The van der Waals surface area contributed by atoms with Crippen LogP contribution in [0.15, 0.2) is 91.3 Å². The van der Waals surface area contributed by atoms with Crippen molar-refractivity contribution < 1.29 is 27.3 Å². The van der Waals surface area contributed by atoms with Crippen LogP contribution in [0.5, 0.6) is 11.5 Å². The maximum absolute atomic E-state index is 14.6. The zero-order valence-electron chi connectivity index (χ0n) is 33.7. The second-order valence-electron chi connectivity index (χ2n) is 14.5. The van der Waals surface area contributed by atoms with Gasteiger partial charge in [-0.1, -0.05) is 12.1 Å². The summed E-state index contributed by atoms with van der Waals surface area (Å²) in [6.45, 7) is 9.91. The molecule has 2 fully saturated rings. The van der Waals surface area contributed by atoms with Gasteiger partial charge in [0.15, 0.2) is 0 Å². The van der Waals surface area contributed by atoms with Crippen molar-refractivity contribution in [1.82, 2.24) is 28.6 Å². The summed E-state index contributed by atoms with van der Waals surface area (Å²) in [6.07, 6.45) is 7.42.